The molecule has 0 radical (unpaired) electrons. The molecule has 4 N–H and O–H groups in total. The lowest BCUT2D eigenvalue weighted by Gasteiger charge is -2.44. The number of hydrogen-bond acceptors (Lipinski definition) is 7. The number of alkyl carbamates (subject to hydrolysis) is 1. The van der Waals surface area contributed by atoms with Crippen molar-refractivity contribution in [1.29, 1.82) is 0 Å². The quantitative estimate of drug-likeness (QED) is 0.377. The molecule has 11 nitrogen and oxygen atoms in total. The Hall–Kier alpha value is -3.63. The Bertz CT molecular complexity index is 1000. The number of hydrogen-bond donors (Lipinski definition) is 3. The first-order chi connectivity index (χ1) is 17.0. The molecule has 4 amide bonds. The van der Waals surface area contributed by atoms with E-state index in [1.54, 1.807) is 52.8 Å². The highest BCUT2D eigenvalue weighted by molar-refractivity contribution is 5.95. The van der Waals surface area contributed by atoms with Gasteiger partial charge in [-0.25, -0.2) is 4.79 Å². The summed E-state index contributed by atoms with van der Waals surface area (Å²) in [6.45, 7) is 11.8. The molecule has 0 saturated heterocycles. The Labute approximate surface area is 218 Å². The number of rotatable bonds is 11. The van der Waals surface area contributed by atoms with E-state index in [0.717, 1.165) is 5.56 Å². The molecular formula is C26H40N4O7. The lowest BCUT2D eigenvalue weighted by molar-refractivity contribution is -0.150. The van der Waals surface area contributed by atoms with Gasteiger partial charge in [-0.1, -0.05) is 36.8 Å². The Kier molecular flexibility index (Phi) is 11.1. The van der Waals surface area contributed by atoms with E-state index in [0.29, 0.717) is 12.0 Å². The number of methoxy groups -OCH3 is 1. The van der Waals surface area contributed by atoms with Gasteiger partial charge in [-0.05, 0) is 53.5 Å². The summed E-state index contributed by atoms with van der Waals surface area (Å²) in [4.78, 5) is 65.0. The van der Waals surface area contributed by atoms with Crippen LogP contribution in [0.3, 0.4) is 0 Å². The standard InChI is InChI=1S/C26H40N4O7/c1-9-26(6,7)30(23(34)18(14-19(27)31)29-24(35)37-25(3,4)5)21(17-12-10-11-16(2)13-17)22(33)28-15-20(32)36-8/h10-13,18,21H,9,14-15H2,1-8H3,(H2,27,31)(H,28,33)(H,29,35). The molecule has 0 aliphatic carbocycles. The van der Waals surface area contributed by atoms with Crippen molar-refractivity contribution in [2.24, 2.45) is 5.73 Å². The summed E-state index contributed by atoms with van der Waals surface area (Å²) < 4.78 is 9.89. The predicted molar refractivity (Wildman–Crippen MR) is 137 cm³/mol. The zero-order valence-electron chi connectivity index (χ0n) is 23.0. The molecule has 1 aromatic rings. The molecule has 0 heterocycles. The maximum absolute atomic E-state index is 14.1. The van der Waals surface area contributed by atoms with Crippen LogP contribution in [0.15, 0.2) is 24.3 Å². The van der Waals surface area contributed by atoms with Crippen molar-refractivity contribution in [1.82, 2.24) is 15.5 Å². The summed E-state index contributed by atoms with van der Waals surface area (Å²) in [5.41, 5.74) is 4.94. The topological polar surface area (TPSA) is 157 Å². The molecule has 1 aromatic carbocycles. The highest BCUT2D eigenvalue weighted by atomic mass is 16.6. The van der Waals surface area contributed by atoms with Crippen molar-refractivity contribution in [2.45, 2.75) is 84.5 Å². The Morgan fingerprint density at radius 2 is 1.70 bits per heavy atom. The monoisotopic (exact) mass is 520 g/mol. The van der Waals surface area contributed by atoms with Crippen LogP contribution >= 0.6 is 0 Å². The van der Waals surface area contributed by atoms with Gasteiger partial charge in [0.05, 0.1) is 13.5 Å². The van der Waals surface area contributed by atoms with Crippen molar-refractivity contribution < 1.29 is 33.4 Å². The van der Waals surface area contributed by atoms with Crippen LogP contribution in [0.4, 0.5) is 4.79 Å². The molecule has 11 heteroatoms. The van der Waals surface area contributed by atoms with Crippen LogP contribution in [0.5, 0.6) is 0 Å². The van der Waals surface area contributed by atoms with Crippen molar-refractivity contribution in [3.63, 3.8) is 0 Å². The van der Waals surface area contributed by atoms with Crippen molar-refractivity contribution in [3.8, 4) is 0 Å². The van der Waals surface area contributed by atoms with Crippen molar-refractivity contribution in [2.75, 3.05) is 13.7 Å². The van der Waals surface area contributed by atoms with E-state index in [1.165, 1.54) is 12.0 Å². The summed E-state index contributed by atoms with van der Waals surface area (Å²) >= 11 is 0. The number of carbonyl (C=O) groups excluding carboxylic acids is 5. The third-order valence-electron chi connectivity index (χ3n) is 5.65. The summed E-state index contributed by atoms with van der Waals surface area (Å²) in [6.07, 6.45) is -1.01. The Morgan fingerprint density at radius 1 is 1.08 bits per heavy atom. The fourth-order valence-electron chi connectivity index (χ4n) is 3.55. The maximum atomic E-state index is 14.1. The Balaban J connectivity index is 3.64. The second-order valence-corrected chi connectivity index (χ2v) is 10.4. The van der Waals surface area contributed by atoms with Gasteiger partial charge in [0, 0.05) is 5.54 Å². The van der Waals surface area contributed by atoms with Gasteiger partial charge in [0.25, 0.3) is 0 Å². The molecule has 1 rings (SSSR count). The average molecular weight is 521 g/mol. The maximum Gasteiger partial charge on any atom is 0.408 e. The molecule has 0 fully saturated rings. The van der Waals surface area contributed by atoms with E-state index >= 15 is 0 Å². The first-order valence-electron chi connectivity index (χ1n) is 12.0. The van der Waals surface area contributed by atoms with E-state index in [-0.39, 0.29) is 0 Å². The van der Waals surface area contributed by atoms with Gasteiger partial charge < -0.3 is 30.7 Å². The van der Waals surface area contributed by atoms with Crippen LogP contribution in [0, 0.1) is 6.92 Å². The minimum Gasteiger partial charge on any atom is -0.468 e. The molecule has 0 bridgehead atoms. The lowest BCUT2D eigenvalue weighted by atomic mass is 9.91. The second-order valence-electron chi connectivity index (χ2n) is 10.4. The van der Waals surface area contributed by atoms with Gasteiger partial charge in [0.15, 0.2) is 0 Å². The molecule has 0 aliphatic rings. The lowest BCUT2D eigenvalue weighted by Crippen LogP contribution is -2.60. The molecule has 2 unspecified atom stereocenters. The Morgan fingerprint density at radius 3 is 2.19 bits per heavy atom. The smallest absolute Gasteiger partial charge is 0.408 e. The van der Waals surface area contributed by atoms with Gasteiger partial charge >= 0.3 is 12.1 Å². The molecular weight excluding hydrogens is 480 g/mol. The van der Waals surface area contributed by atoms with Crippen LogP contribution in [-0.4, -0.2) is 65.5 Å². The number of ether oxygens (including phenoxy) is 2. The first kappa shape index (κ1) is 31.4. The fraction of sp³-hybridized carbons (Fsp3) is 0.577. The van der Waals surface area contributed by atoms with Gasteiger partial charge in [-0.2, -0.15) is 0 Å². The summed E-state index contributed by atoms with van der Waals surface area (Å²) in [7, 11) is 1.19. The van der Waals surface area contributed by atoms with Crippen LogP contribution in [0.25, 0.3) is 0 Å². The molecule has 0 aromatic heterocycles. The van der Waals surface area contributed by atoms with Gasteiger partial charge in [-0.3, -0.25) is 19.2 Å². The number of benzene rings is 1. The second kappa shape index (κ2) is 13.1. The molecule has 0 spiro atoms. The van der Waals surface area contributed by atoms with E-state index < -0.39 is 66.0 Å². The SMILES string of the molecule is CCC(C)(C)N(C(=O)C(CC(N)=O)NC(=O)OC(C)(C)C)C(C(=O)NCC(=O)OC)c1cccc(C)c1. The molecule has 206 valence electrons. The number of nitrogens with two attached hydrogens (primary N) is 1. The first-order valence-corrected chi connectivity index (χ1v) is 12.0. The minimum atomic E-state index is -1.40. The third-order valence-corrected chi connectivity index (χ3v) is 5.65. The van der Waals surface area contributed by atoms with Gasteiger partial charge in [0.1, 0.15) is 24.2 Å². The van der Waals surface area contributed by atoms with Crippen LogP contribution in [-0.2, 0) is 28.7 Å². The van der Waals surface area contributed by atoms with E-state index in [9.17, 15) is 24.0 Å². The number of nitrogens with one attached hydrogen (secondary N) is 2. The number of amides is 4. The highest BCUT2D eigenvalue weighted by Gasteiger charge is 2.43. The molecule has 2 atom stereocenters. The van der Waals surface area contributed by atoms with E-state index in [4.69, 9.17) is 10.5 Å². The van der Waals surface area contributed by atoms with Gasteiger partial charge in [0.2, 0.25) is 17.7 Å². The highest BCUT2D eigenvalue weighted by Crippen LogP contribution is 2.32. The predicted octanol–water partition coefficient (Wildman–Crippen LogP) is 2.11. The van der Waals surface area contributed by atoms with Gasteiger partial charge in [-0.15, -0.1) is 0 Å². The largest absolute Gasteiger partial charge is 0.468 e. The average Bonchev–Trinajstić information content (AvgIpc) is 2.78. The summed E-state index contributed by atoms with van der Waals surface area (Å²) in [6, 6.07) is 4.41. The number of carbonyl (C=O) groups is 5. The third kappa shape index (κ3) is 9.74. The zero-order valence-corrected chi connectivity index (χ0v) is 23.0. The van der Waals surface area contributed by atoms with Crippen LogP contribution in [0.1, 0.15) is 71.6 Å². The zero-order chi connectivity index (χ0) is 28.6. The molecule has 0 aliphatic heterocycles. The number of nitrogens with zero attached hydrogens (tertiary/aromatic N) is 1. The van der Waals surface area contributed by atoms with Crippen molar-refractivity contribution >= 4 is 29.8 Å². The minimum absolute atomic E-state index is 0.410. The summed E-state index contributed by atoms with van der Waals surface area (Å²) in [5, 5.41) is 4.96. The molecule has 37 heavy (non-hydrogen) atoms. The number of aryl methyl sites for hydroxylation is 1. The summed E-state index contributed by atoms with van der Waals surface area (Å²) in [5.74, 6) is -2.84. The number of esters is 1. The van der Waals surface area contributed by atoms with Crippen molar-refractivity contribution in [3.05, 3.63) is 35.4 Å². The fourth-order valence-corrected chi connectivity index (χ4v) is 3.55. The number of primary amides is 1. The molecule has 0 saturated carbocycles. The van der Waals surface area contributed by atoms with E-state index in [1.807, 2.05) is 19.9 Å². The van der Waals surface area contributed by atoms with E-state index in [2.05, 4.69) is 15.4 Å². The van der Waals surface area contributed by atoms with Crippen LogP contribution < -0.4 is 16.4 Å². The normalized spacial score (nSPS) is 13.1. The van der Waals surface area contributed by atoms with Crippen LogP contribution in [0.2, 0.25) is 0 Å².